The Morgan fingerprint density at radius 2 is 1.87 bits per heavy atom. The monoisotopic (exact) mass is 690 g/mol. The van der Waals surface area contributed by atoms with Crippen molar-refractivity contribution in [3.63, 3.8) is 0 Å². The predicted molar refractivity (Wildman–Crippen MR) is 154 cm³/mol. The molecule has 0 aromatic carbocycles. The fourth-order valence-electron chi connectivity index (χ4n) is 5.47. The van der Waals surface area contributed by atoms with Gasteiger partial charge in [-0.25, -0.2) is 39.2 Å². The van der Waals surface area contributed by atoms with Crippen LogP contribution >= 0.6 is 15.5 Å². The Morgan fingerprint density at radius 1 is 1.11 bits per heavy atom. The number of aliphatic imine (C=N–C) groups is 2. The molecular formula is C21H32N12O11P2. The van der Waals surface area contributed by atoms with Crippen LogP contribution in [-0.4, -0.2) is 132 Å². The highest BCUT2D eigenvalue weighted by molar-refractivity contribution is 7.50. The number of aliphatic hydroxyl groups excluding tert-OH is 2. The van der Waals surface area contributed by atoms with Crippen LogP contribution in [0.4, 0.5) is 5.82 Å². The zero-order valence-electron chi connectivity index (χ0n) is 23.9. The fraction of sp³-hybridized carbons (Fsp3) is 0.619. The Hall–Kier alpha value is -3.18. The maximum Gasteiger partial charge on any atom is 0.403 e. The quantitative estimate of drug-likeness (QED) is 0.102. The standard InChI is InChI=1S/C21H32N12O11P2/c1-24-45(37,38)42-4-10-11(14(35)20(44-10)33-7-28-13-17(33)29-21(23)30-18(13)36)31-46(39,40)41-3-8-2-9(34)19(43-8)32-6-27-12-15(22)25-5-26-16(12)32/h5-11,13-14,17,19-20,34-35H,2-4H2,1H3,(H2,22,25,26)(H2,24,37,38)(H2,31,39,40)(H3,23,29,30,36)/t8-,9+,10+,11+,13?,14+,17?,19+,20+/m0/s1. The zero-order valence-corrected chi connectivity index (χ0v) is 25.7. The molecule has 11 N–H and O–H groups in total. The van der Waals surface area contributed by atoms with Gasteiger partial charge >= 0.3 is 15.5 Å². The van der Waals surface area contributed by atoms with Crippen molar-refractivity contribution >= 4 is 50.7 Å². The van der Waals surface area contributed by atoms with Crippen LogP contribution in [0.2, 0.25) is 0 Å². The van der Waals surface area contributed by atoms with Crippen molar-refractivity contribution < 1.29 is 52.4 Å². The highest BCUT2D eigenvalue weighted by Gasteiger charge is 2.53. The van der Waals surface area contributed by atoms with E-state index in [4.69, 9.17) is 30.0 Å². The van der Waals surface area contributed by atoms with Crippen LogP contribution in [0.25, 0.3) is 11.2 Å². The number of hydrogen-bond acceptors (Lipinski definition) is 17. The van der Waals surface area contributed by atoms with Crippen molar-refractivity contribution in [1.82, 2.24) is 39.9 Å². The van der Waals surface area contributed by atoms with Crippen molar-refractivity contribution in [2.45, 2.75) is 61.5 Å². The maximum atomic E-state index is 13.2. The number of fused-ring (bicyclic) bond motifs is 2. The molecule has 0 radical (unpaired) electrons. The molecule has 46 heavy (non-hydrogen) atoms. The summed E-state index contributed by atoms with van der Waals surface area (Å²) in [4.78, 5) is 54.6. The van der Waals surface area contributed by atoms with Crippen LogP contribution < -0.4 is 27.0 Å². The molecule has 2 aromatic heterocycles. The molecule has 4 aliphatic heterocycles. The van der Waals surface area contributed by atoms with Crippen LogP contribution in [0.5, 0.6) is 0 Å². The third-order valence-corrected chi connectivity index (χ3v) is 9.87. The van der Waals surface area contributed by atoms with E-state index in [-0.39, 0.29) is 18.2 Å². The zero-order chi connectivity index (χ0) is 33.0. The minimum Gasteiger partial charge on any atom is -0.388 e. The van der Waals surface area contributed by atoms with E-state index >= 15 is 0 Å². The number of nitrogens with two attached hydrogens (primary N) is 2. The first kappa shape index (κ1) is 32.7. The van der Waals surface area contributed by atoms with Crippen molar-refractivity contribution in [1.29, 1.82) is 0 Å². The highest BCUT2D eigenvalue weighted by Crippen LogP contribution is 2.44. The molecule has 6 heterocycles. The lowest BCUT2D eigenvalue weighted by Gasteiger charge is -2.33. The number of carbonyl (C=O) groups is 1. The number of nitrogen functional groups attached to an aromatic ring is 1. The molecule has 2 fully saturated rings. The lowest BCUT2D eigenvalue weighted by Crippen LogP contribution is -2.57. The number of carbonyl (C=O) groups excluding carboxylic acids is 1. The topological polar surface area (TPSA) is 329 Å². The van der Waals surface area contributed by atoms with Gasteiger partial charge in [-0.3, -0.25) is 28.7 Å². The number of amides is 1. The average molecular weight is 691 g/mol. The summed E-state index contributed by atoms with van der Waals surface area (Å²) in [7, 11) is -7.87. The second-order valence-corrected chi connectivity index (χ2v) is 14.0. The minimum atomic E-state index is -4.77. The molecule has 2 aromatic rings. The van der Waals surface area contributed by atoms with Gasteiger partial charge in [-0.1, -0.05) is 0 Å². The van der Waals surface area contributed by atoms with Crippen LogP contribution in [0.1, 0.15) is 12.6 Å². The van der Waals surface area contributed by atoms with Gasteiger partial charge in [0.1, 0.15) is 30.2 Å². The molecule has 1 amide bonds. The summed E-state index contributed by atoms with van der Waals surface area (Å²) in [5.41, 5.74) is 12.1. The number of aliphatic hydroxyl groups is 2. The molecule has 4 aliphatic rings. The van der Waals surface area contributed by atoms with E-state index in [0.717, 1.165) is 0 Å². The predicted octanol–water partition coefficient (Wildman–Crippen LogP) is -3.96. The number of imidazole rings is 1. The number of guanidine groups is 1. The molecule has 0 aliphatic carbocycles. The Bertz CT molecular complexity index is 1640. The number of aromatic nitrogens is 4. The van der Waals surface area contributed by atoms with Gasteiger partial charge in [-0.15, -0.1) is 0 Å². The molecule has 0 spiro atoms. The number of ether oxygens (including phenoxy) is 2. The van der Waals surface area contributed by atoms with E-state index in [2.05, 4.69) is 40.4 Å². The molecule has 6 rings (SSSR count). The molecular weight excluding hydrogens is 658 g/mol. The van der Waals surface area contributed by atoms with Gasteiger partial charge in [0.05, 0.1) is 38.0 Å². The molecule has 252 valence electrons. The van der Waals surface area contributed by atoms with Gasteiger partial charge < -0.3 is 45.8 Å². The number of nitrogens with zero attached hydrogens (tertiary/aromatic N) is 7. The maximum absolute atomic E-state index is 13.2. The lowest BCUT2D eigenvalue weighted by molar-refractivity contribution is -0.124. The first-order valence-electron chi connectivity index (χ1n) is 13.7. The molecule has 23 nitrogen and oxygen atoms in total. The SMILES string of the molecule is CNP(=O)(O)OC[C@H]1O[C@@H](N2C=NC3C(=O)NC(N)=NC32)[C@H](O)[C@@H]1NP(=O)(O)OC[C@@H]1C[C@@H](O)[C@H](n2cnc3c(N)ncnc32)O1. The van der Waals surface area contributed by atoms with E-state index in [1.807, 2.05) is 0 Å². The molecule has 0 saturated carbocycles. The third kappa shape index (κ3) is 6.37. The summed E-state index contributed by atoms with van der Waals surface area (Å²) in [6, 6.07) is -2.43. The van der Waals surface area contributed by atoms with Gasteiger partial charge in [0.25, 0.3) is 5.91 Å². The number of hydrogen-bond donors (Lipinski definition) is 9. The summed E-state index contributed by atoms with van der Waals surface area (Å²) < 4.78 is 48.8. The van der Waals surface area contributed by atoms with Crippen molar-refractivity contribution in [2.24, 2.45) is 15.7 Å². The number of anilines is 1. The highest BCUT2D eigenvalue weighted by atomic mass is 31.2. The van der Waals surface area contributed by atoms with Gasteiger partial charge in [-0.2, -0.15) is 0 Å². The smallest absolute Gasteiger partial charge is 0.388 e. The van der Waals surface area contributed by atoms with E-state index in [0.29, 0.717) is 11.2 Å². The largest absolute Gasteiger partial charge is 0.403 e. The number of nitrogens with one attached hydrogen (secondary N) is 3. The first-order valence-corrected chi connectivity index (χ1v) is 16.9. The Labute approximate surface area is 259 Å². The Kier molecular flexibility index (Phi) is 8.86. The van der Waals surface area contributed by atoms with Crippen molar-refractivity contribution in [3.05, 3.63) is 12.7 Å². The van der Waals surface area contributed by atoms with E-state index in [1.165, 1.54) is 35.5 Å². The van der Waals surface area contributed by atoms with E-state index in [9.17, 15) is 33.9 Å². The second kappa shape index (κ2) is 12.4. The van der Waals surface area contributed by atoms with Crippen molar-refractivity contribution in [3.8, 4) is 0 Å². The van der Waals surface area contributed by atoms with E-state index in [1.54, 1.807) is 0 Å². The summed E-state index contributed by atoms with van der Waals surface area (Å²) >= 11 is 0. The third-order valence-electron chi connectivity index (χ3n) is 7.68. The Morgan fingerprint density at radius 3 is 2.63 bits per heavy atom. The van der Waals surface area contributed by atoms with Gasteiger partial charge in [-0.05, 0) is 7.05 Å². The molecule has 4 unspecified atom stereocenters. The fourth-order valence-corrected chi connectivity index (χ4v) is 7.09. The first-order chi connectivity index (χ1) is 21.8. The lowest BCUT2D eigenvalue weighted by atomic mass is 10.1. The van der Waals surface area contributed by atoms with E-state index < -0.39 is 89.7 Å². The molecule has 0 bridgehead atoms. The summed E-state index contributed by atoms with van der Waals surface area (Å²) in [6.07, 6.45) is -4.28. The van der Waals surface area contributed by atoms with Gasteiger partial charge in [0.15, 0.2) is 42.1 Å². The normalized spacial score (nSPS) is 35.2. The molecule has 25 heteroatoms. The van der Waals surface area contributed by atoms with Gasteiger partial charge in [0, 0.05) is 6.42 Å². The van der Waals surface area contributed by atoms with Crippen LogP contribution in [0, 0.1) is 0 Å². The van der Waals surface area contributed by atoms with Crippen molar-refractivity contribution in [2.75, 3.05) is 26.0 Å². The van der Waals surface area contributed by atoms with Crippen LogP contribution in [0.3, 0.4) is 0 Å². The van der Waals surface area contributed by atoms with Crippen LogP contribution in [-0.2, 0) is 32.4 Å². The summed E-state index contributed by atoms with van der Waals surface area (Å²) in [6.45, 7) is -1.10. The van der Waals surface area contributed by atoms with Gasteiger partial charge in [0.2, 0.25) is 0 Å². The molecule has 2 saturated heterocycles. The Balaban J connectivity index is 1.14. The minimum absolute atomic E-state index is 0.0164. The summed E-state index contributed by atoms with van der Waals surface area (Å²) in [5, 5.41) is 28.7. The average Bonchev–Trinajstić information content (AvgIpc) is 3.77. The van der Waals surface area contributed by atoms with Crippen LogP contribution in [0.15, 0.2) is 22.6 Å². The second-order valence-electron chi connectivity index (χ2n) is 10.7. The molecule has 11 atom stereocenters. The summed E-state index contributed by atoms with van der Waals surface area (Å²) in [5.74, 6) is -0.590. The number of rotatable bonds is 11.